The van der Waals surface area contributed by atoms with Gasteiger partial charge in [-0.1, -0.05) is 12.1 Å². The van der Waals surface area contributed by atoms with E-state index in [1.807, 2.05) is 6.07 Å². The van der Waals surface area contributed by atoms with Gasteiger partial charge in [-0.05, 0) is 49.9 Å². The highest BCUT2D eigenvalue weighted by Gasteiger charge is 2.44. The predicted octanol–water partition coefficient (Wildman–Crippen LogP) is 4.91. The number of thioether (sulfide) groups is 1. The van der Waals surface area contributed by atoms with Crippen LogP contribution < -0.4 is 5.73 Å². The molecule has 0 bridgehead atoms. The molecule has 2 N–H and O–H groups in total. The van der Waals surface area contributed by atoms with Gasteiger partial charge < -0.3 is 14.9 Å². The normalized spacial score (nSPS) is 18.2. The highest BCUT2D eigenvalue weighted by molar-refractivity contribution is 8.17. The number of halogens is 3. The van der Waals surface area contributed by atoms with Gasteiger partial charge in [0.05, 0.1) is 23.4 Å². The first-order chi connectivity index (χ1) is 15.7. The maximum absolute atomic E-state index is 13.1. The molecule has 1 atom stereocenters. The Morgan fingerprint density at radius 3 is 2.79 bits per heavy atom. The van der Waals surface area contributed by atoms with E-state index in [-0.39, 0.29) is 40.0 Å². The Bertz CT molecular complexity index is 1270. The first-order valence-corrected chi connectivity index (χ1v) is 10.6. The zero-order chi connectivity index (χ0) is 23.9. The van der Waals surface area contributed by atoms with Crippen molar-refractivity contribution in [3.8, 4) is 17.4 Å². The van der Waals surface area contributed by atoms with E-state index in [0.717, 1.165) is 23.9 Å². The monoisotopic (exact) mass is 474 g/mol. The molecule has 0 spiro atoms. The molecule has 2 aromatic rings. The lowest BCUT2D eigenvalue weighted by Crippen LogP contribution is -2.38. The average molecular weight is 474 g/mol. The molecule has 1 aromatic heterocycles. The van der Waals surface area contributed by atoms with Crippen LogP contribution >= 0.6 is 11.8 Å². The molecule has 2 aliphatic rings. The maximum Gasteiger partial charge on any atom is 0.416 e. The highest BCUT2D eigenvalue weighted by Crippen LogP contribution is 2.46. The number of carbonyl (C=O) groups is 1. The second kappa shape index (κ2) is 8.37. The van der Waals surface area contributed by atoms with Crippen LogP contribution in [0.15, 0.2) is 67.8 Å². The van der Waals surface area contributed by atoms with Crippen LogP contribution in [0.2, 0.25) is 0 Å². The number of fused-ring (bicyclic) bond motifs is 1. The minimum Gasteiger partial charge on any atom is -0.463 e. The summed E-state index contributed by atoms with van der Waals surface area (Å²) in [6, 6.07) is 8.90. The zero-order valence-corrected chi connectivity index (χ0v) is 18.3. The van der Waals surface area contributed by atoms with Crippen molar-refractivity contribution < 1.29 is 27.1 Å². The number of nitrogens with two attached hydrogens (primary N) is 1. The Hall–Kier alpha value is -3.65. The lowest BCUT2D eigenvalue weighted by atomic mass is 10.00. The number of alkyl halides is 3. The van der Waals surface area contributed by atoms with E-state index in [9.17, 15) is 23.2 Å². The first kappa shape index (κ1) is 22.5. The maximum atomic E-state index is 13.1. The first-order valence-electron chi connectivity index (χ1n) is 9.76. The molecule has 2 aliphatic heterocycles. The number of hydrogen-bond donors (Lipinski definition) is 1. The summed E-state index contributed by atoms with van der Waals surface area (Å²) in [5.41, 5.74) is 6.11. The lowest BCUT2D eigenvalue weighted by molar-refractivity contribution is -0.139. The van der Waals surface area contributed by atoms with Crippen LogP contribution in [0.1, 0.15) is 31.2 Å². The van der Waals surface area contributed by atoms with Gasteiger partial charge in [0.1, 0.15) is 34.4 Å². The van der Waals surface area contributed by atoms with Crippen molar-refractivity contribution in [2.75, 3.05) is 6.61 Å². The summed E-state index contributed by atoms with van der Waals surface area (Å²) in [4.78, 5) is 18.9. The van der Waals surface area contributed by atoms with Gasteiger partial charge in [-0.2, -0.15) is 18.4 Å². The van der Waals surface area contributed by atoms with E-state index in [1.54, 1.807) is 19.9 Å². The van der Waals surface area contributed by atoms with E-state index in [0.29, 0.717) is 10.9 Å². The van der Waals surface area contributed by atoms with Crippen LogP contribution in [0, 0.1) is 11.3 Å². The number of nitrogens with zero attached hydrogens (tertiary/aromatic N) is 3. The largest absolute Gasteiger partial charge is 0.463 e. The van der Waals surface area contributed by atoms with Crippen LogP contribution in [0.5, 0.6) is 0 Å². The molecule has 0 radical (unpaired) electrons. The number of ether oxygens (including phenoxy) is 1. The summed E-state index contributed by atoms with van der Waals surface area (Å²) < 4.78 is 50.6. The predicted molar refractivity (Wildman–Crippen MR) is 115 cm³/mol. The topological polar surface area (TPSA) is 105 Å². The molecule has 3 heterocycles. The number of amidine groups is 1. The third-order valence-electron chi connectivity index (χ3n) is 5.04. The molecule has 4 rings (SSSR count). The van der Waals surface area contributed by atoms with Gasteiger partial charge in [0, 0.05) is 5.56 Å². The summed E-state index contributed by atoms with van der Waals surface area (Å²) in [7, 11) is 0. The quantitative estimate of drug-likeness (QED) is 0.628. The molecule has 0 unspecified atom stereocenters. The lowest BCUT2D eigenvalue weighted by Gasteiger charge is -2.33. The number of esters is 1. The smallest absolute Gasteiger partial charge is 0.416 e. The molecule has 11 heteroatoms. The van der Waals surface area contributed by atoms with Gasteiger partial charge in [0.25, 0.3) is 0 Å². The fourth-order valence-electron chi connectivity index (χ4n) is 3.58. The van der Waals surface area contributed by atoms with Crippen molar-refractivity contribution in [1.82, 2.24) is 4.90 Å². The van der Waals surface area contributed by atoms with Crippen molar-refractivity contribution in [2.24, 2.45) is 10.7 Å². The number of rotatable bonds is 4. The van der Waals surface area contributed by atoms with Gasteiger partial charge in [-0.25, -0.2) is 9.79 Å². The van der Waals surface area contributed by atoms with Crippen molar-refractivity contribution in [3.63, 3.8) is 0 Å². The minimum absolute atomic E-state index is 0.0950. The van der Waals surface area contributed by atoms with E-state index < -0.39 is 23.8 Å². The number of furan rings is 1. The second-order valence-corrected chi connectivity index (χ2v) is 8.07. The number of allylic oxidation sites excluding steroid dienone is 2. The minimum atomic E-state index is -4.50. The van der Waals surface area contributed by atoms with Crippen molar-refractivity contribution in [3.05, 3.63) is 69.7 Å². The number of hydrogen-bond acceptors (Lipinski definition) is 8. The van der Waals surface area contributed by atoms with Gasteiger partial charge in [-0.3, -0.25) is 4.90 Å². The summed E-state index contributed by atoms with van der Waals surface area (Å²) in [5, 5.41) is 9.78. The summed E-state index contributed by atoms with van der Waals surface area (Å²) in [6.45, 7) is 3.41. The fraction of sp³-hybridized carbons (Fsp3) is 0.227. The van der Waals surface area contributed by atoms with Crippen LogP contribution in [-0.4, -0.2) is 22.6 Å². The molecule has 0 amide bonds. The number of nitriles is 1. The average Bonchev–Trinajstić information content (AvgIpc) is 3.37. The van der Waals surface area contributed by atoms with Crippen LogP contribution in [-0.2, 0) is 15.7 Å². The molecule has 7 nitrogen and oxygen atoms in total. The molecule has 0 fully saturated rings. The van der Waals surface area contributed by atoms with Gasteiger partial charge >= 0.3 is 12.1 Å². The summed E-state index contributed by atoms with van der Waals surface area (Å²) in [5.74, 6) is -0.128. The van der Waals surface area contributed by atoms with E-state index in [2.05, 4.69) is 4.99 Å². The molecular weight excluding hydrogens is 457 g/mol. The number of benzene rings is 1. The van der Waals surface area contributed by atoms with Crippen molar-refractivity contribution >= 4 is 22.9 Å². The Balaban J connectivity index is 1.82. The zero-order valence-electron chi connectivity index (χ0n) is 17.4. The van der Waals surface area contributed by atoms with Crippen LogP contribution in [0.4, 0.5) is 13.2 Å². The third kappa shape index (κ3) is 3.98. The third-order valence-corrected chi connectivity index (χ3v) is 6.02. The fourth-order valence-corrected chi connectivity index (χ4v) is 4.50. The molecule has 170 valence electrons. The van der Waals surface area contributed by atoms with Crippen LogP contribution in [0.25, 0.3) is 11.3 Å². The highest BCUT2D eigenvalue weighted by atomic mass is 32.2. The van der Waals surface area contributed by atoms with Gasteiger partial charge in [-0.15, -0.1) is 0 Å². The summed E-state index contributed by atoms with van der Waals surface area (Å²) >= 11 is 1.06. The van der Waals surface area contributed by atoms with Crippen LogP contribution in [0.3, 0.4) is 0 Å². The Labute approximate surface area is 191 Å². The standard InChI is InChI=1S/C22H17F3N4O3S/c1-3-31-20(30)17-11(2)28-21-29(19(27)16(10-26)33-21)18(17)15-8-7-14(32-15)12-5-4-6-13(9-12)22(23,24)25/h4-9,18H,3,27H2,1-2H3/t18-/m1/s1. The van der Waals surface area contributed by atoms with Gasteiger partial charge in [0.15, 0.2) is 5.17 Å². The molecule has 0 saturated carbocycles. The Morgan fingerprint density at radius 1 is 1.36 bits per heavy atom. The Morgan fingerprint density at radius 2 is 2.12 bits per heavy atom. The van der Waals surface area contributed by atoms with E-state index >= 15 is 0 Å². The molecule has 0 aliphatic carbocycles. The molecule has 33 heavy (non-hydrogen) atoms. The molecular formula is C22H17F3N4O3S. The number of carbonyl (C=O) groups excluding carboxylic acids is 1. The van der Waals surface area contributed by atoms with Crippen molar-refractivity contribution in [2.45, 2.75) is 26.1 Å². The van der Waals surface area contributed by atoms with E-state index in [1.165, 1.54) is 23.1 Å². The Kier molecular flexibility index (Phi) is 5.71. The molecule has 1 aromatic carbocycles. The van der Waals surface area contributed by atoms with E-state index in [4.69, 9.17) is 14.9 Å². The van der Waals surface area contributed by atoms with Gasteiger partial charge in [0.2, 0.25) is 0 Å². The SMILES string of the molecule is CCOC(=O)C1=C(C)N=C2SC(C#N)=C(N)N2[C@@H]1c1ccc(-c2cccc(C(F)(F)F)c2)o1. The molecule has 0 saturated heterocycles. The van der Waals surface area contributed by atoms with Crippen molar-refractivity contribution in [1.29, 1.82) is 5.26 Å². The number of aliphatic imine (C=N–C) groups is 1. The second-order valence-electron chi connectivity index (χ2n) is 7.10. The summed E-state index contributed by atoms with van der Waals surface area (Å²) in [6.07, 6.45) is -4.50.